The zero-order valence-corrected chi connectivity index (χ0v) is 13.7. The van der Waals surface area contributed by atoms with Crippen LogP contribution in [0.5, 0.6) is 0 Å². The molecule has 2 aromatic carbocycles. The number of thiazole rings is 1. The first-order valence-electron chi connectivity index (χ1n) is 6.80. The summed E-state index contributed by atoms with van der Waals surface area (Å²) in [6.45, 7) is 0. The lowest BCUT2D eigenvalue weighted by molar-refractivity contribution is 0.0993. The Morgan fingerprint density at radius 1 is 1.22 bits per heavy atom. The molecule has 1 amide bonds. The highest BCUT2D eigenvalue weighted by Gasteiger charge is 2.19. The van der Waals surface area contributed by atoms with E-state index in [-0.39, 0.29) is 16.5 Å². The number of hydrogen-bond acceptors (Lipinski definition) is 3. The van der Waals surface area contributed by atoms with Gasteiger partial charge < -0.3 is 0 Å². The Hall–Kier alpha value is -2.24. The van der Waals surface area contributed by atoms with Crippen LogP contribution in [-0.4, -0.2) is 17.9 Å². The molecule has 0 fully saturated rings. The topological polar surface area (TPSA) is 33.2 Å². The van der Waals surface area contributed by atoms with Crippen LogP contribution in [0.15, 0.2) is 54.7 Å². The van der Waals surface area contributed by atoms with Gasteiger partial charge in [-0.05, 0) is 23.8 Å². The van der Waals surface area contributed by atoms with Gasteiger partial charge in [0.15, 0.2) is 5.13 Å². The minimum atomic E-state index is -0.477. The first kappa shape index (κ1) is 15.6. The second-order valence-electron chi connectivity index (χ2n) is 4.86. The molecule has 3 rings (SSSR count). The van der Waals surface area contributed by atoms with E-state index in [2.05, 4.69) is 4.98 Å². The van der Waals surface area contributed by atoms with Crippen molar-refractivity contribution in [3.05, 3.63) is 71.1 Å². The van der Waals surface area contributed by atoms with Crippen molar-refractivity contribution in [1.29, 1.82) is 0 Å². The maximum Gasteiger partial charge on any atom is 0.261 e. The molecule has 0 atom stereocenters. The van der Waals surface area contributed by atoms with Crippen molar-refractivity contribution in [3.63, 3.8) is 0 Å². The van der Waals surface area contributed by atoms with Gasteiger partial charge in [-0.1, -0.05) is 53.3 Å². The highest BCUT2D eigenvalue weighted by Crippen LogP contribution is 2.31. The summed E-state index contributed by atoms with van der Waals surface area (Å²) in [6.07, 6.45) is 1.73. The number of halogens is 2. The molecule has 0 aliphatic rings. The van der Waals surface area contributed by atoms with Gasteiger partial charge >= 0.3 is 0 Å². The van der Waals surface area contributed by atoms with Crippen LogP contribution in [0.4, 0.5) is 9.52 Å². The second-order valence-corrected chi connectivity index (χ2v) is 6.28. The molecule has 116 valence electrons. The van der Waals surface area contributed by atoms with Crippen LogP contribution >= 0.6 is 22.9 Å². The summed E-state index contributed by atoms with van der Waals surface area (Å²) in [5, 5.41) is 0.635. The quantitative estimate of drug-likeness (QED) is 0.677. The van der Waals surface area contributed by atoms with Crippen molar-refractivity contribution < 1.29 is 9.18 Å². The normalized spacial score (nSPS) is 10.6. The lowest BCUT2D eigenvalue weighted by Crippen LogP contribution is -2.26. The van der Waals surface area contributed by atoms with Crippen LogP contribution in [0.2, 0.25) is 5.02 Å². The number of nitrogens with zero attached hydrogens (tertiary/aromatic N) is 2. The van der Waals surface area contributed by atoms with Crippen molar-refractivity contribution >= 4 is 34.0 Å². The fourth-order valence-electron chi connectivity index (χ4n) is 2.09. The zero-order valence-electron chi connectivity index (χ0n) is 12.2. The number of aromatic nitrogens is 1. The van der Waals surface area contributed by atoms with Crippen molar-refractivity contribution in [1.82, 2.24) is 4.98 Å². The standard InChI is InChI=1S/C17H12ClFN2OS/c1-21(16(22)13-8-7-12(19)9-14(13)18)17-20-10-15(23-17)11-5-3-2-4-6-11/h2-10H,1H3. The molecule has 0 saturated heterocycles. The van der Waals surface area contributed by atoms with E-state index in [0.29, 0.717) is 5.13 Å². The summed E-state index contributed by atoms with van der Waals surface area (Å²) in [4.78, 5) is 19.2. The fourth-order valence-corrected chi connectivity index (χ4v) is 3.22. The van der Waals surface area contributed by atoms with Gasteiger partial charge in [0, 0.05) is 13.2 Å². The number of hydrogen-bond donors (Lipinski definition) is 0. The molecule has 1 aromatic heterocycles. The van der Waals surface area contributed by atoms with Gasteiger partial charge in [-0.3, -0.25) is 9.69 Å². The molecule has 3 nitrogen and oxygen atoms in total. The van der Waals surface area contributed by atoms with E-state index in [9.17, 15) is 9.18 Å². The van der Waals surface area contributed by atoms with Gasteiger partial charge in [0.1, 0.15) is 5.82 Å². The molecule has 0 bridgehead atoms. The summed E-state index contributed by atoms with van der Waals surface area (Å²) in [5.74, 6) is -0.807. The van der Waals surface area contributed by atoms with E-state index in [0.717, 1.165) is 16.5 Å². The lowest BCUT2D eigenvalue weighted by Gasteiger charge is -2.14. The average Bonchev–Trinajstić information content (AvgIpc) is 3.04. The molecule has 0 aliphatic heterocycles. The van der Waals surface area contributed by atoms with E-state index in [1.807, 2.05) is 30.3 Å². The Bertz CT molecular complexity index is 851. The molecule has 0 radical (unpaired) electrons. The smallest absolute Gasteiger partial charge is 0.261 e. The first-order valence-corrected chi connectivity index (χ1v) is 8.00. The fraction of sp³-hybridized carbons (Fsp3) is 0.0588. The predicted molar refractivity (Wildman–Crippen MR) is 91.7 cm³/mol. The number of rotatable bonds is 3. The van der Waals surface area contributed by atoms with Crippen LogP contribution in [-0.2, 0) is 0 Å². The van der Waals surface area contributed by atoms with Crippen LogP contribution in [0, 0.1) is 5.82 Å². The Balaban J connectivity index is 1.87. The summed E-state index contributed by atoms with van der Waals surface area (Å²) in [7, 11) is 1.62. The molecular weight excluding hydrogens is 335 g/mol. The number of carbonyl (C=O) groups is 1. The van der Waals surface area contributed by atoms with Gasteiger partial charge in [0.25, 0.3) is 5.91 Å². The molecule has 0 spiro atoms. The summed E-state index contributed by atoms with van der Waals surface area (Å²) in [5.41, 5.74) is 1.28. The maximum atomic E-state index is 13.1. The minimum absolute atomic E-state index is 0.0849. The molecular formula is C17H12ClFN2OS. The SMILES string of the molecule is CN(C(=O)c1ccc(F)cc1Cl)c1ncc(-c2ccccc2)s1. The van der Waals surface area contributed by atoms with E-state index in [1.54, 1.807) is 13.2 Å². The number of carbonyl (C=O) groups excluding carboxylic acids is 1. The Kier molecular flexibility index (Phi) is 4.41. The first-order chi connectivity index (χ1) is 11.1. The van der Waals surface area contributed by atoms with E-state index in [1.165, 1.54) is 28.4 Å². The number of amides is 1. The summed E-state index contributed by atoms with van der Waals surface area (Å²) in [6, 6.07) is 13.5. The van der Waals surface area contributed by atoms with Crippen molar-refractivity contribution in [2.45, 2.75) is 0 Å². The Labute approximate surface area is 142 Å². The molecule has 1 heterocycles. The number of benzene rings is 2. The van der Waals surface area contributed by atoms with Gasteiger partial charge in [-0.15, -0.1) is 0 Å². The molecule has 0 aliphatic carbocycles. The second kappa shape index (κ2) is 6.48. The third-order valence-corrected chi connectivity index (χ3v) is 4.74. The van der Waals surface area contributed by atoms with Crippen LogP contribution < -0.4 is 4.90 Å². The Morgan fingerprint density at radius 2 is 1.96 bits per heavy atom. The van der Waals surface area contributed by atoms with E-state index < -0.39 is 5.82 Å². The summed E-state index contributed by atoms with van der Waals surface area (Å²) < 4.78 is 13.1. The van der Waals surface area contributed by atoms with Crippen molar-refractivity contribution in [2.24, 2.45) is 0 Å². The molecule has 3 aromatic rings. The van der Waals surface area contributed by atoms with E-state index >= 15 is 0 Å². The van der Waals surface area contributed by atoms with Gasteiger partial charge in [-0.25, -0.2) is 9.37 Å². The third-order valence-electron chi connectivity index (χ3n) is 3.30. The highest BCUT2D eigenvalue weighted by molar-refractivity contribution is 7.19. The van der Waals surface area contributed by atoms with Crippen molar-refractivity contribution in [2.75, 3.05) is 11.9 Å². The molecule has 6 heteroatoms. The monoisotopic (exact) mass is 346 g/mol. The van der Waals surface area contributed by atoms with Crippen molar-refractivity contribution in [3.8, 4) is 10.4 Å². The maximum absolute atomic E-state index is 13.1. The third kappa shape index (κ3) is 3.25. The van der Waals surface area contributed by atoms with Crippen LogP contribution in [0.3, 0.4) is 0 Å². The Morgan fingerprint density at radius 3 is 2.65 bits per heavy atom. The largest absolute Gasteiger partial charge is 0.287 e. The van der Waals surface area contributed by atoms with Crippen LogP contribution in [0.1, 0.15) is 10.4 Å². The minimum Gasteiger partial charge on any atom is -0.287 e. The average molecular weight is 347 g/mol. The lowest BCUT2D eigenvalue weighted by atomic mass is 10.2. The van der Waals surface area contributed by atoms with Gasteiger partial charge in [0.05, 0.1) is 15.5 Å². The van der Waals surface area contributed by atoms with Crippen LogP contribution in [0.25, 0.3) is 10.4 Å². The van der Waals surface area contributed by atoms with Gasteiger partial charge in [0.2, 0.25) is 0 Å². The van der Waals surface area contributed by atoms with Gasteiger partial charge in [-0.2, -0.15) is 0 Å². The molecule has 0 unspecified atom stereocenters. The number of anilines is 1. The molecule has 0 saturated carbocycles. The zero-order chi connectivity index (χ0) is 16.4. The summed E-state index contributed by atoms with van der Waals surface area (Å²) >= 11 is 7.36. The molecule has 0 N–H and O–H groups in total. The van der Waals surface area contributed by atoms with E-state index in [4.69, 9.17) is 11.6 Å². The predicted octanol–water partition coefficient (Wildman–Crippen LogP) is 4.88. The molecule has 23 heavy (non-hydrogen) atoms. The highest BCUT2D eigenvalue weighted by atomic mass is 35.5.